The molecule has 0 radical (unpaired) electrons. The third-order valence-corrected chi connectivity index (χ3v) is 5.58. The Morgan fingerprint density at radius 2 is 1.69 bits per heavy atom. The summed E-state index contributed by atoms with van der Waals surface area (Å²) in [6, 6.07) is 7.85. The second-order valence-corrected chi connectivity index (χ2v) is 7.73. The summed E-state index contributed by atoms with van der Waals surface area (Å²) in [4.78, 5) is 28.8. The summed E-state index contributed by atoms with van der Waals surface area (Å²) in [7, 11) is 0. The molecule has 1 unspecified atom stereocenters. The number of hydrogen-bond donors (Lipinski definition) is 1. The lowest BCUT2D eigenvalue weighted by molar-refractivity contribution is -0.132. The van der Waals surface area contributed by atoms with Gasteiger partial charge in [0.25, 0.3) is 0 Å². The van der Waals surface area contributed by atoms with Gasteiger partial charge >= 0.3 is 6.03 Å². The molecule has 0 aliphatic carbocycles. The van der Waals surface area contributed by atoms with Crippen molar-refractivity contribution in [2.45, 2.75) is 51.9 Å². The van der Waals surface area contributed by atoms with Crippen molar-refractivity contribution < 1.29 is 9.59 Å². The number of hydrogen-bond acceptors (Lipinski definition) is 2. The highest BCUT2D eigenvalue weighted by Gasteiger charge is 2.25. The Hall–Kier alpha value is -2.04. The van der Waals surface area contributed by atoms with E-state index >= 15 is 0 Å². The van der Waals surface area contributed by atoms with E-state index in [1.165, 1.54) is 12.0 Å². The van der Waals surface area contributed by atoms with Crippen LogP contribution in [0.1, 0.15) is 50.5 Å². The van der Waals surface area contributed by atoms with Crippen molar-refractivity contribution in [2.24, 2.45) is 5.92 Å². The van der Waals surface area contributed by atoms with Crippen LogP contribution in [0, 0.1) is 12.8 Å². The smallest absolute Gasteiger partial charge is 0.321 e. The molecular weight excluding hydrogens is 326 g/mol. The van der Waals surface area contributed by atoms with Crippen LogP contribution in [-0.2, 0) is 4.79 Å². The minimum Gasteiger partial charge on any atom is -0.343 e. The van der Waals surface area contributed by atoms with Gasteiger partial charge in [0.1, 0.15) is 0 Å². The fraction of sp³-hybridized carbons (Fsp3) is 0.619. The van der Waals surface area contributed by atoms with Gasteiger partial charge in [-0.2, -0.15) is 0 Å². The number of carbonyl (C=O) groups is 2. The van der Waals surface area contributed by atoms with E-state index in [-0.39, 0.29) is 6.03 Å². The highest BCUT2D eigenvalue weighted by Crippen LogP contribution is 2.23. The molecule has 5 nitrogen and oxygen atoms in total. The molecule has 0 aromatic heterocycles. The van der Waals surface area contributed by atoms with Crippen molar-refractivity contribution in [3.05, 3.63) is 29.8 Å². The summed E-state index contributed by atoms with van der Waals surface area (Å²) in [5.41, 5.74) is 2.02. The number of benzene rings is 1. The van der Waals surface area contributed by atoms with E-state index in [1.807, 2.05) is 41.0 Å². The Kier molecular flexibility index (Phi) is 6.53. The van der Waals surface area contributed by atoms with E-state index in [1.54, 1.807) is 0 Å². The van der Waals surface area contributed by atoms with E-state index in [2.05, 4.69) is 5.32 Å². The number of urea groups is 1. The molecule has 142 valence electrons. The number of nitrogens with one attached hydrogen (secondary N) is 1. The van der Waals surface area contributed by atoms with Crippen molar-refractivity contribution in [1.29, 1.82) is 0 Å². The molecule has 1 atom stereocenters. The first kappa shape index (κ1) is 18.7. The van der Waals surface area contributed by atoms with Gasteiger partial charge in [-0.05, 0) is 63.5 Å². The molecule has 2 fully saturated rings. The molecule has 5 heteroatoms. The van der Waals surface area contributed by atoms with Crippen LogP contribution in [0.25, 0.3) is 0 Å². The molecule has 1 aromatic rings. The third-order valence-electron chi connectivity index (χ3n) is 5.58. The lowest BCUT2D eigenvalue weighted by Gasteiger charge is -2.33. The summed E-state index contributed by atoms with van der Waals surface area (Å²) in [5, 5.41) is 2.99. The molecule has 2 saturated heterocycles. The second kappa shape index (κ2) is 9.06. The van der Waals surface area contributed by atoms with Crippen LogP contribution in [0.2, 0.25) is 0 Å². The van der Waals surface area contributed by atoms with Crippen LogP contribution in [0.4, 0.5) is 10.5 Å². The first-order chi connectivity index (χ1) is 12.6. The zero-order valence-corrected chi connectivity index (χ0v) is 15.9. The fourth-order valence-electron chi connectivity index (χ4n) is 3.95. The van der Waals surface area contributed by atoms with E-state index in [0.29, 0.717) is 18.2 Å². The molecule has 0 bridgehead atoms. The Morgan fingerprint density at radius 3 is 2.42 bits per heavy atom. The van der Waals surface area contributed by atoms with Crippen LogP contribution in [0.5, 0.6) is 0 Å². The van der Waals surface area contributed by atoms with Crippen LogP contribution < -0.4 is 5.32 Å². The molecule has 3 amide bonds. The lowest BCUT2D eigenvalue weighted by atomic mass is 9.93. The monoisotopic (exact) mass is 357 g/mol. The van der Waals surface area contributed by atoms with Crippen LogP contribution >= 0.6 is 0 Å². The zero-order valence-electron chi connectivity index (χ0n) is 15.9. The summed E-state index contributed by atoms with van der Waals surface area (Å²) in [6.07, 6.45) is 7.18. The molecule has 1 N–H and O–H groups in total. The molecule has 1 aromatic carbocycles. The van der Waals surface area contributed by atoms with Gasteiger partial charge in [0.05, 0.1) is 0 Å². The van der Waals surface area contributed by atoms with Gasteiger partial charge < -0.3 is 15.1 Å². The maximum Gasteiger partial charge on any atom is 0.321 e. The fourth-order valence-corrected chi connectivity index (χ4v) is 3.95. The highest BCUT2D eigenvalue weighted by atomic mass is 16.2. The summed E-state index contributed by atoms with van der Waals surface area (Å²) in [6.45, 7) is 5.44. The number of aryl methyl sites for hydroxylation is 1. The van der Waals surface area contributed by atoms with Gasteiger partial charge in [-0.1, -0.05) is 17.7 Å². The maximum absolute atomic E-state index is 12.5. The van der Waals surface area contributed by atoms with Crippen molar-refractivity contribution in [3.8, 4) is 0 Å². The maximum atomic E-state index is 12.5. The Bertz CT molecular complexity index is 608. The predicted octanol–water partition coefficient (Wildman–Crippen LogP) is 4.03. The molecule has 2 heterocycles. The predicted molar refractivity (Wildman–Crippen MR) is 104 cm³/mol. The Morgan fingerprint density at radius 1 is 1.00 bits per heavy atom. The van der Waals surface area contributed by atoms with E-state index < -0.39 is 0 Å². The number of nitrogens with zero attached hydrogens (tertiary/aromatic N) is 2. The zero-order chi connectivity index (χ0) is 18.4. The van der Waals surface area contributed by atoms with Crippen LogP contribution in [0.15, 0.2) is 24.3 Å². The van der Waals surface area contributed by atoms with Crippen LogP contribution in [-0.4, -0.2) is 47.9 Å². The number of likely N-dealkylation sites (tertiary alicyclic amines) is 2. The number of rotatable bonds is 4. The van der Waals surface area contributed by atoms with E-state index in [4.69, 9.17) is 0 Å². The van der Waals surface area contributed by atoms with E-state index in [9.17, 15) is 9.59 Å². The second-order valence-electron chi connectivity index (χ2n) is 7.73. The largest absolute Gasteiger partial charge is 0.343 e. The minimum absolute atomic E-state index is 0.0269. The van der Waals surface area contributed by atoms with Gasteiger partial charge in [0.2, 0.25) is 5.91 Å². The van der Waals surface area contributed by atoms with Gasteiger partial charge in [-0.15, -0.1) is 0 Å². The number of piperidine rings is 2. The lowest BCUT2D eigenvalue weighted by Crippen LogP contribution is -2.42. The molecular formula is C21H31N3O2. The summed E-state index contributed by atoms with van der Waals surface area (Å²) < 4.78 is 0. The van der Waals surface area contributed by atoms with E-state index in [0.717, 1.165) is 64.0 Å². The molecule has 0 saturated carbocycles. The van der Waals surface area contributed by atoms with Gasteiger partial charge in [-0.25, -0.2) is 4.79 Å². The normalized spacial score (nSPS) is 20.7. The minimum atomic E-state index is -0.0269. The first-order valence-corrected chi connectivity index (χ1v) is 10.0. The Labute approximate surface area is 156 Å². The molecule has 26 heavy (non-hydrogen) atoms. The highest BCUT2D eigenvalue weighted by molar-refractivity contribution is 5.89. The standard InChI is InChI=1S/C21H31N3O2/c1-17-7-10-19(11-8-17)22-21(26)24-15-5-6-18(16-24)9-12-20(25)23-13-3-2-4-14-23/h7-8,10-11,18H,2-6,9,12-16H2,1H3,(H,22,26). The summed E-state index contributed by atoms with van der Waals surface area (Å²) in [5.74, 6) is 0.729. The number of carbonyl (C=O) groups excluding carboxylic acids is 2. The average Bonchev–Trinajstić information content (AvgIpc) is 2.69. The van der Waals surface area contributed by atoms with Crippen molar-refractivity contribution in [1.82, 2.24) is 9.80 Å². The van der Waals surface area contributed by atoms with Gasteiger partial charge in [0, 0.05) is 38.3 Å². The number of anilines is 1. The summed E-state index contributed by atoms with van der Waals surface area (Å²) >= 11 is 0. The van der Waals surface area contributed by atoms with Gasteiger partial charge in [0.15, 0.2) is 0 Å². The quantitative estimate of drug-likeness (QED) is 0.884. The molecule has 0 spiro atoms. The van der Waals surface area contributed by atoms with Gasteiger partial charge in [-0.3, -0.25) is 4.79 Å². The molecule has 2 aliphatic heterocycles. The first-order valence-electron chi connectivity index (χ1n) is 10.0. The molecule has 3 rings (SSSR count). The topological polar surface area (TPSA) is 52.7 Å². The van der Waals surface area contributed by atoms with Crippen molar-refractivity contribution in [2.75, 3.05) is 31.5 Å². The SMILES string of the molecule is Cc1ccc(NC(=O)N2CCCC(CCC(=O)N3CCCCC3)C2)cc1. The van der Waals surface area contributed by atoms with Crippen molar-refractivity contribution >= 4 is 17.6 Å². The Balaban J connectivity index is 1.45. The molecule has 2 aliphatic rings. The van der Waals surface area contributed by atoms with Crippen molar-refractivity contribution in [3.63, 3.8) is 0 Å². The third kappa shape index (κ3) is 5.23. The van der Waals surface area contributed by atoms with Crippen LogP contribution in [0.3, 0.4) is 0 Å². The average molecular weight is 357 g/mol. The number of amides is 3.